The van der Waals surface area contributed by atoms with Crippen molar-refractivity contribution in [2.75, 3.05) is 20.2 Å². The van der Waals surface area contributed by atoms with Crippen LogP contribution < -0.4 is 9.47 Å². The van der Waals surface area contributed by atoms with Crippen LogP contribution in [0.1, 0.15) is 30.4 Å². The molecule has 0 unspecified atom stereocenters. The fourth-order valence-electron chi connectivity index (χ4n) is 3.40. The number of thioether (sulfide) groups is 1. The second-order valence-electron chi connectivity index (χ2n) is 7.04. The first-order valence-electron chi connectivity index (χ1n) is 9.85. The number of nitrogens with zero attached hydrogens (tertiary/aromatic N) is 2. The van der Waals surface area contributed by atoms with Crippen LogP contribution in [0, 0.1) is 0 Å². The van der Waals surface area contributed by atoms with E-state index >= 15 is 0 Å². The monoisotopic (exact) mass is 408 g/mol. The summed E-state index contributed by atoms with van der Waals surface area (Å²) in [5.41, 5.74) is 1.98. The zero-order valence-electron chi connectivity index (χ0n) is 16.5. The first-order chi connectivity index (χ1) is 14.2. The van der Waals surface area contributed by atoms with E-state index < -0.39 is 0 Å². The quantitative estimate of drug-likeness (QED) is 0.670. The largest absolute Gasteiger partial charge is 0.493 e. The Morgan fingerprint density at radius 3 is 2.62 bits per heavy atom. The van der Waals surface area contributed by atoms with E-state index in [0.717, 1.165) is 42.2 Å². The number of benzene rings is 2. The highest BCUT2D eigenvalue weighted by Gasteiger charge is 2.27. The Labute approximate surface area is 175 Å². The number of ether oxygens (including phenoxy) is 2. The first kappa shape index (κ1) is 19.6. The van der Waals surface area contributed by atoms with E-state index in [1.165, 1.54) is 18.2 Å². The minimum Gasteiger partial charge on any atom is -0.493 e. The van der Waals surface area contributed by atoms with E-state index in [1.54, 1.807) is 7.11 Å². The lowest BCUT2D eigenvalue weighted by Crippen LogP contribution is -2.33. The lowest BCUT2D eigenvalue weighted by Gasteiger charge is -2.27. The molecule has 5 nitrogen and oxygen atoms in total. The van der Waals surface area contributed by atoms with Gasteiger partial charge in [-0.15, -0.1) is 0 Å². The number of likely N-dealkylation sites (tertiary alicyclic amines) is 1. The Morgan fingerprint density at radius 2 is 1.86 bits per heavy atom. The summed E-state index contributed by atoms with van der Waals surface area (Å²) in [6, 6.07) is 15.7. The summed E-state index contributed by atoms with van der Waals surface area (Å²) >= 11 is 1.46. The van der Waals surface area contributed by atoms with Gasteiger partial charge in [0.25, 0.3) is 5.91 Å². The Bertz CT molecular complexity index is 934. The second kappa shape index (κ2) is 9.18. The van der Waals surface area contributed by atoms with Crippen LogP contribution in [0.3, 0.4) is 0 Å². The molecule has 0 spiro atoms. The summed E-state index contributed by atoms with van der Waals surface area (Å²) in [5.74, 6) is 1.15. The lowest BCUT2D eigenvalue weighted by molar-refractivity contribution is -0.113. The van der Waals surface area contributed by atoms with Crippen molar-refractivity contribution >= 4 is 28.9 Å². The number of amides is 1. The molecule has 0 bridgehead atoms. The van der Waals surface area contributed by atoms with Crippen LogP contribution in [0.25, 0.3) is 6.08 Å². The average Bonchev–Trinajstić information content (AvgIpc) is 3.14. The molecule has 2 aromatic carbocycles. The smallest absolute Gasteiger partial charge is 0.286 e. The van der Waals surface area contributed by atoms with Gasteiger partial charge >= 0.3 is 0 Å². The number of amidine groups is 1. The lowest BCUT2D eigenvalue weighted by atomic mass is 10.1. The molecule has 1 fully saturated rings. The molecule has 29 heavy (non-hydrogen) atoms. The topological polar surface area (TPSA) is 51.1 Å². The molecule has 2 heterocycles. The van der Waals surface area contributed by atoms with E-state index in [2.05, 4.69) is 9.89 Å². The standard InChI is InChI=1S/C23H24N2O3S/c1-27-20-14-18(10-11-19(20)28-16-17-8-4-2-5-9-17)15-21-22(26)24-23(29-21)25-12-6-3-7-13-25/h2,4-5,8-11,14-15H,3,6-7,12-13,16H2,1H3/b21-15-. The number of methoxy groups -OCH3 is 1. The van der Waals surface area contributed by atoms with Crippen LogP contribution >= 0.6 is 11.8 Å². The van der Waals surface area contributed by atoms with Gasteiger partial charge in [-0.25, -0.2) is 0 Å². The van der Waals surface area contributed by atoms with Crippen LogP contribution in [0.2, 0.25) is 0 Å². The van der Waals surface area contributed by atoms with Crippen molar-refractivity contribution in [3.05, 3.63) is 64.6 Å². The van der Waals surface area contributed by atoms with Gasteiger partial charge in [-0.3, -0.25) is 4.79 Å². The van der Waals surface area contributed by atoms with Gasteiger partial charge in [-0.2, -0.15) is 4.99 Å². The van der Waals surface area contributed by atoms with Crippen molar-refractivity contribution in [3.8, 4) is 11.5 Å². The normalized spacial score (nSPS) is 18.1. The number of aliphatic imine (C=N–C) groups is 1. The molecule has 1 amide bonds. The molecule has 6 heteroatoms. The zero-order chi connectivity index (χ0) is 20.1. The number of hydrogen-bond donors (Lipinski definition) is 0. The van der Waals surface area contributed by atoms with Gasteiger partial charge in [0.1, 0.15) is 6.61 Å². The molecule has 150 valence electrons. The van der Waals surface area contributed by atoms with Crippen molar-refractivity contribution in [2.45, 2.75) is 25.9 Å². The molecule has 2 aliphatic rings. The zero-order valence-corrected chi connectivity index (χ0v) is 17.3. The predicted octanol–water partition coefficient (Wildman–Crippen LogP) is 4.73. The molecule has 0 saturated carbocycles. The third-order valence-electron chi connectivity index (χ3n) is 4.96. The molecular weight excluding hydrogens is 384 g/mol. The molecule has 0 radical (unpaired) electrons. The Hall–Kier alpha value is -2.73. The Morgan fingerprint density at radius 1 is 1.07 bits per heavy atom. The van der Waals surface area contributed by atoms with Crippen LogP contribution in [0.4, 0.5) is 0 Å². The highest BCUT2D eigenvalue weighted by Crippen LogP contribution is 2.34. The summed E-state index contributed by atoms with van der Waals surface area (Å²) in [7, 11) is 1.62. The molecule has 2 aliphatic heterocycles. The fraction of sp³-hybridized carbons (Fsp3) is 0.304. The first-order valence-corrected chi connectivity index (χ1v) is 10.7. The number of rotatable bonds is 5. The summed E-state index contributed by atoms with van der Waals surface area (Å²) in [6.07, 6.45) is 5.45. The molecule has 0 aliphatic carbocycles. The molecule has 4 rings (SSSR count). The van der Waals surface area contributed by atoms with E-state index in [9.17, 15) is 4.79 Å². The predicted molar refractivity (Wildman–Crippen MR) is 117 cm³/mol. The van der Waals surface area contributed by atoms with Crippen molar-refractivity contribution in [2.24, 2.45) is 4.99 Å². The number of hydrogen-bond acceptors (Lipinski definition) is 5. The molecule has 1 saturated heterocycles. The van der Waals surface area contributed by atoms with Gasteiger partial charge in [0.2, 0.25) is 0 Å². The molecule has 2 aromatic rings. The third-order valence-corrected chi connectivity index (χ3v) is 6.00. The fourth-order valence-corrected chi connectivity index (χ4v) is 4.36. The number of carbonyl (C=O) groups is 1. The third kappa shape index (κ3) is 4.82. The van der Waals surface area contributed by atoms with Crippen LogP contribution in [-0.2, 0) is 11.4 Å². The van der Waals surface area contributed by atoms with Crippen molar-refractivity contribution in [1.82, 2.24) is 4.90 Å². The van der Waals surface area contributed by atoms with Crippen molar-refractivity contribution in [1.29, 1.82) is 0 Å². The molecule has 0 aromatic heterocycles. The van der Waals surface area contributed by atoms with Gasteiger partial charge < -0.3 is 14.4 Å². The maximum absolute atomic E-state index is 12.4. The molecular formula is C23H24N2O3S. The second-order valence-corrected chi connectivity index (χ2v) is 8.05. The van der Waals surface area contributed by atoms with Crippen molar-refractivity contribution in [3.63, 3.8) is 0 Å². The van der Waals surface area contributed by atoms with Crippen LogP contribution in [0.15, 0.2) is 58.4 Å². The minimum atomic E-state index is -0.168. The van der Waals surface area contributed by atoms with E-state index in [-0.39, 0.29) is 5.91 Å². The van der Waals surface area contributed by atoms with Gasteiger partial charge in [-0.1, -0.05) is 36.4 Å². The molecule has 0 N–H and O–H groups in total. The highest BCUT2D eigenvalue weighted by atomic mass is 32.2. The maximum atomic E-state index is 12.4. The number of piperidine rings is 1. The Balaban J connectivity index is 1.45. The van der Waals surface area contributed by atoms with E-state index in [4.69, 9.17) is 9.47 Å². The van der Waals surface area contributed by atoms with E-state index in [0.29, 0.717) is 23.0 Å². The van der Waals surface area contributed by atoms with Gasteiger partial charge in [0, 0.05) is 13.1 Å². The summed E-state index contributed by atoms with van der Waals surface area (Å²) in [5, 5.41) is 0.829. The Kier molecular flexibility index (Phi) is 6.20. The van der Waals surface area contributed by atoms with Gasteiger partial charge in [0.05, 0.1) is 12.0 Å². The SMILES string of the molecule is COc1cc(/C=C2\SC(N3CCCCC3)=NC2=O)ccc1OCc1ccccc1. The van der Waals surface area contributed by atoms with Crippen LogP contribution in [-0.4, -0.2) is 36.2 Å². The van der Waals surface area contributed by atoms with Gasteiger partial charge in [0.15, 0.2) is 16.7 Å². The van der Waals surface area contributed by atoms with Gasteiger partial charge in [-0.05, 0) is 60.4 Å². The van der Waals surface area contributed by atoms with E-state index in [1.807, 2.05) is 54.6 Å². The van der Waals surface area contributed by atoms with Crippen LogP contribution in [0.5, 0.6) is 11.5 Å². The summed E-state index contributed by atoms with van der Waals surface area (Å²) < 4.78 is 11.4. The minimum absolute atomic E-state index is 0.168. The summed E-state index contributed by atoms with van der Waals surface area (Å²) in [4.78, 5) is 19.5. The maximum Gasteiger partial charge on any atom is 0.286 e. The summed E-state index contributed by atoms with van der Waals surface area (Å²) in [6.45, 7) is 2.43. The number of carbonyl (C=O) groups excluding carboxylic acids is 1. The highest BCUT2D eigenvalue weighted by molar-refractivity contribution is 8.18. The average molecular weight is 409 g/mol. The molecule has 0 atom stereocenters. The van der Waals surface area contributed by atoms with Crippen molar-refractivity contribution < 1.29 is 14.3 Å².